The van der Waals surface area contributed by atoms with E-state index >= 15 is 0 Å². The Labute approximate surface area is 112 Å². The Morgan fingerprint density at radius 3 is 2.47 bits per heavy atom. The van der Waals surface area contributed by atoms with E-state index in [2.05, 4.69) is 40.2 Å². The van der Waals surface area contributed by atoms with E-state index in [9.17, 15) is 0 Å². The summed E-state index contributed by atoms with van der Waals surface area (Å²) in [6, 6.07) is 10.6. The van der Waals surface area contributed by atoms with Crippen LogP contribution in [0.15, 0.2) is 36.5 Å². The molecule has 2 N–H and O–H groups in total. The average molecular weight is 297 g/mol. The number of hydrogen-bond donors (Lipinski definition) is 0. The highest BCUT2D eigenvalue weighted by Crippen LogP contribution is 2.26. The number of pyridine rings is 1. The normalized spacial score (nSPS) is 14.2. The second kappa shape index (κ2) is 5.98. The Bertz CT molecular complexity index is 478. The van der Waals surface area contributed by atoms with E-state index in [0.717, 1.165) is 18.9 Å². The smallest absolute Gasteiger partial charge is 0.136 e. The molecule has 0 saturated carbocycles. The summed E-state index contributed by atoms with van der Waals surface area (Å²) in [5.41, 5.74) is 0. The van der Waals surface area contributed by atoms with Gasteiger partial charge in [-0.2, -0.15) is 0 Å². The topological polar surface area (TPSA) is 47.6 Å². The third kappa shape index (κ3) is 2.58. The van der Waals surface area contributed by atoms with Gasteiger partial charge >= 0.3 is 0 Å². The lowest BCUT2D eigenvalue weighted by Gasteiger charge is -2.18. The molecular weight excluding hydrogens is 280 g/mol. The Kier molecular flexibility index (Phi) is 4.90. The summed E-state index contributed by atoms with van der Waals surface area (Å²) in [5, 5.41) is 2.57. The van der Waals surface area contributed by atoms with Crippen LogP contribution in [0.5, 0.6) is 0 Å². The molecule has 0 spiro atoms. The zero-order valence-corrected chi connectivity index (χ0v) is 11.3. The van der Waals surface area contributed by atoms with Crippen molar-refractivity contribution in [3.05, 3.63) is 36.5 Å². The highest BCUT2D eigenvalue weighted by atomic mass is 79.9. The van der Waals surface area contributed by atoms with E-state index in [-0.39, 0.29) is 22.5 Å². The predicted octanol–water partition coefficient (Wildman–Crippen LogP) is 2.59. The van der Waals surface area contributed by atoms with Crippen LogP contribution >= 0.6 is 17.0 Å². The van der Waals surface area contributed by atoms with E-state index in [1.807, 2.05) is 6.20 Å². The minimum absolute atomic E-state index is 0. The number of rotatable bonds is 1. The largest absolute Gasteiger partial charge is 0.412 e. The van der Waals surface area contributed by atoms with Gasteiger partial charge in [0.15, 0.2) is 0 Å². The number of aromatic nitrogens is 1. The summed E-state index contributed by atoms with van der Waals surface area (Å²) in [4.78, 5) is 6.91. The van der Waals surface area contributed by atoms with Crippen LogP contribution in [0.1, 0.15) is 12.8 Å². The molecule has 17 heavy (non-hydrogen) atoms. The summed E-state index contributed by atoms with van der Waals surface area (Å²) < 4.78 is 0. The van der Waals surface area contributed by atoms with Crippen molar-refractivity contribution in [2.75, 3.05) is 18.0 Å². The van der Waals surface area contributed by atoms with Gasteiger partial charge in [0.05, 0.1) is 0 Å². The standard InChI is InChI=1S/C13H14N2.BrH.H2O/c1-2-6-12-11(5-1)7-8-14-13(12)15-9-3-4-10-15;;/h1-2,5-8H,3-4,9-10H2;1H;1H2. The van der Waals surface area contributed by atoms with Crippen LogP contribution in [0.3, 0.4) is 0 Å². The molecule has 1 aromatic carbocycles. The van der Waals surface area contributed by atoms with Gasteiger partial charge in [0, 0.05) is 24.7 Å². The lowest BCUT2D eigenvalue weighted by molar-refractivity contribution is 0.824. The number of benzene rings is 1. The molecule has 2 heterocycles. The van der Waals surface area contributed by atoms with Gasteiger partial charge in [-0.05, 0) is 24.3 Å². The first-order chi connectivity index (χ1) is 7.45. The maximum atomic E-state index is 4.51. The quantitative estimate of drug-likeness (QED) is 0.812. The predicted molar refractivity (Wildman–Crippen MR) is 77.1 cm³/mol. The summed E-state index contributed by atoms with van der Waals surface area (Å²) in [5.74, 6) is 1.16. The molecule has 0 aliphatic carbocycles. The molecule has 3 nitrogen and oxygen atoms in total. The first-order valence-electron chi connectivity index (χ1n) is 5.54. The van der Waals surface area contributed by atoms with Crippen molar-refractivity contribution in [1.29, 1.82) is 0 Å². The van der Waals surface area contributed by atoms with Crippen molar-refractivity contribution >= 4 is 33.6 Å². The van der Waals surface area contributed by atoms with Gasteiger partial charge in [-0.25, -0.2) is 4.98 Å². The van der Waals surface area contributed by atoms with E-state index in [1.165, 1.54) is 23.6 Å². The maximum absolute atomic E-state index is 4.51. The van der Waals surface area contributed by atoms with Crippen LogP contribution in [0.25, 0.3) is 10.8 Å². The minimum atomic E-state index is 0. The molecule has 1 saturated heterocycles. The SMILES string of the molecule is Br.O.c1ccc2c(N3CCCC3)nccc2c1. The highest BCUT2D eigenvalue weighted by molar-refractivity contribution is 8.93. The summed E-state index contributed by atoms with van der Waals surface area (Å²) in [6.07, 6.45) is 4.51. The molecule has 0 amide bonds. The number of nitrogens with zero attached hydrogens (tertiary/aromatic N) is 2. The number of halogens is 1. The van der Waals surface area contributed by atoms with Gasteiger partial charge in [0.2, 0.25) is 0 Å². The van der Waals surface area contributed by atoms with E-state index in [4.69, 9.17) is 0 Å². The fraction of sp³-hybridized carbons (Fsp3) is 0.308. The summed E-state index contributed by atoms with van der Waals surface area (Å²) in [6.45, 7) is 2.31. The molecule has 4 heteroatoms. The summed E-state index contributed by atoms with van der Waals surface area (Å²) >= 11 is 0. The molecule has 1 aromatic heterocycles. The highest BCUT2D eigenvalue weighted by Gasteiger charge is 2.15. The second-order valence-corrected chi connectivity index (χ2v) is 4.05. The first kappa shape index (κ1) is 13.9. The van der Waals surface area contributed by atoms with Crippen LogP contribution in [-0.4, -0.2) is 23.5 Å². The molecule has 0 unspecified atom stereocenters. The van der Waals surface area contributed by atoms with Gasteiger partial charge in [0.1, 0.15) is 5.82 Å². The zero-order chi connectivity index (χ0) is 10.1. The molecule has 0 bridgehead atoms. The molecule has 3 rings (SSSR count). The van der Waals surface area contributed by atoms with Crippen molar-refractivity contribution in [1.82, 2.24) is 4.98 Å². The Hall–Kier alpha value is -1.13. The number of fused-ring (bicyclic) bond motifs is 1. The molecule has 1 aliphatic heterocycles. The first-order valence-corrected chi connectivity index (χ1v) is 5.54. The van der Waals surface area contributed by atoms with Crippen LogP contribution < -0.4 is 4.90 Å². The van der Waals surface area contributed by atoms with Gasteiger partial charge in [-0.3, -0.25) is 0 Å². The molecule has 92 valence electrons. The fourth-order valence-corrected chi connectivity index (χ4v) is 2.28. The van der Waals surface area contributed by atoms with Crippen LogP contribution in [0.4, 0.5) is 5.82 Å². The monoisotopic (exact) mass is 296 g/mol. The van der Waals surface area contributed by atoms with Gasteiger partial charge in [-0.1, -0.05) is 24.3 Å². The second-order valence-electron chi connectivity index (χ2n) is 4.05. The van der Waals surface area contributed by atoms with Crippen molar-refractivity contribution in [3.63, 3.8) is 0 Å². The lowest BCUT2D eigenvalue weighted by atomic mass is 10.1. The van der Waals surface area contributed by atoms with Gasteiger partial charge < -0.3 is 10.4 Å². The van der Waals surface area contributed by atoms with Gasteiger partial charge in [0.25, 0.3) is 0 Å². The van der Waals surface area contributed by atoms with Crippen molar-refractivity contribution < 1.29 is 5.48 Å². The van der Waals surface area contributed by atoms with Crippen LogP contribution in [0.2, 0.25) is 0 Å². The molecule has 2 aromatic rings. The average Bonchev–Trinajstić information content (AvgIpc) is 2.82. The third-order valence-corrected chi connectivity index (χ3v) is 3.06. The van der Waals surface area contributed by atoms with Gasteiger partial charge in [-0.15, -0.1) is 17.0 Å². The molecule has 1 aliphatic rings. The molecule has 0 atom stereocenters. The van der Waals surface area contributed by atoms with E-state index in [1.54, 1.807) is 0 Å². The third-order valence-electron chi connectivity index (χ3n) is 3.06. The number of anilines is 1. The van der Waals surface area contributed by atoms with E-state index < -0.39 is 0 Å². The number of hydrogen-bond acceptors (Lipinski definition) is 2. The Balaban J connectivity index is 0.000000722. The van der Waals surface area contributed by atoms with Crippen LogP contribution in [-0.2, 0) is 0 Å². The van der Waals surface area contributed by atoms with Crippen molar-refractivity contribution in [2.45, 2.75) is 12.8 Å². The Morgan fingerprint density at radius 2 is 1.71 bits per heavy atom. The van der Waals surface area contributed by atoms with Crippen LogP contribution in [0, 0.1) is 0 Å². The Morgan fingerprint density at radius 1 is 1.00 bits per heavy atom. The summed E-state index contributed by atoms with van der Waals surface area (Å²) in [7, 11) is 0. The maximum Gasteiger partial charge on any atom is 0.136 e. The zero-order valence-electron chi connectivity index (χ0n) is 9.60. The molecule has 1 fully saturated rings. The fourth-order valence-electron chi connectivity index (χ4n) is 2.28. The molecular formula is C13H17BrN2O. The lowest BCUT2D eigenvalue weighted by Crippen LogP contribution is -2.19. The molecule has 0 radical (unpaired) electrons. The van der Waals surface area contributed by atoms with Crippen molar-refractivity contribution in [2.24, 2.45) is 0 Å². The van der Waals surface area contributed by atoms with Crippen molar-refractivity contribution in [3.8, 4) is 0 Å². The minimum Gasteiger partial charge on any atom is -0.412 e. The van der Waals surface area contributed by atoms with E-state index in [0.29, 0.717) is 0 Å².